The summed E-state index contributed by atoms with van der Waals surface area (Å²) in [6.07, 6.45) is 5.79. The van der Waals surface area contributed by atoms with Crippen LogP contribution < -0.4 is 0 Å². The van der Waals surface area contributed by atoms with Crippen molar-refractivity contribution < 1.29 is 0 Å². The summed E-state index contributed by atoms with van der Waals surface area (Å²) < 4.78 is 3.74. The quantitative estimate of drug-likeness (QED) is 0.701. The molecule has 0 saturated carbocycles. The monoisotopic (exact) mass is 324 g/mol. The van der Waals surface area contributed by atoms with Gasteiger partial charge in [0.2, 0.25) is 0 Å². The van der Waals surface area contributed by atoms with Gasteiger partial charge in [0.25, 0.3) is 0 Å². The predicted molar refractivity (Wildman–Crippen MR) is 87.2 cm³/mol. The van der Waals surface area contributed by atoms with E-state index in [1.54, 1.807) is 12.7 Å². The molecule has 3 aromatic rings. The Balaban J connectivity index is 1.43. The van der Waals surface area contributed by atoms with Crippen molar-refractivity contribution in [2.45, 2.75) is 25.9 Å². The van der Waals surface area contributed by atoms with E-state index in [1.807, 2.05) is 39.7 Å². The third-order valence-corrected chi connectivity index (χ3v) is 4.41. The van der Waals surface area contributed by atoms with Crippen molar-refractivity contribution in [1.82, 2.24) is 39.9 Å². The van der Waals surface area contributed by atoms with Gasteiger partial charge in [-0.15, -0.1) is 5.10 Å². The highest BCUT2D eigenvalue weighted by atomic mass is 15.5. The maximum atomic E-state index is 4.22. The predicted octanol–water partition coefficient (Wildman–Crippen LogP) is 1.17. The van der Waals surface area contributed by atoms with Gasteiger partial charge in [-0.05, 0) is 47.9 Å². The van der Waals surface area contributed by atoms with Gasteiger partial charge in [-0.25, -0.2) is 4.98 Å². The Morgan fingerprint density at radius 3 is 2.92 bits per heavy atom. The number of aromatic nitrogens is 7. The lowest BCUT2D eigenvalue weighted by molar-refractivity contribution is 0.149. The molecule has 0 radical (unpaired) electrons. The van der Waals surface area contributed by atoms with Gasteiger partial charge in [-0.3, -0.25) is 9.58 Å². The Morgan fingerprint density at radius 2 is 2.08 bits per heavy atom. The molecule has 3 heterocycles. The first-order valence-corrected chi connectivity index (χ1v) is 8.26. The topological polar surface area (TPSA) is 77.5 Å². The zero-order valence-electron chi connectivity index (χ0n) is 13.4. The molecule has 1 unspecified atom stereocenters. The lowest BCUT2D eigenvalue weighted by Crippen LogP contribution is -2.37. The van der Waals surface area contributed by atoms with Crippen molar-refractivity contribution >= 4 is 0 Å². The molecule has 0 amide bonds. The van der Waals surface area contributed by atoms with Crippen molar-refractivity contribution in [3.05, 3.63) is 48.8 Å². The minimum atomic E-state index is 0.585. The number of rotatable bonds is 5. The summed E-state index contributed by atoms with van der Waals surface area (Å²) in [5, 5.41) is 16.4. The number of tetrazole rings is 1. The van der Waals surface area contributed by atoms with Crippen LogP contribution >= 0.6 is 0 Å². The molecule has 1 aromatic carbocycles. The minimum Gasteiger partial charge on any atom is -0.296 e. The van der Waals surface area contributed by atoms with Crippen molar-refractivity contribution in [1.29, 1.82) is 0 Å². The molecule has 2 aromatic heterocycles. The summed E-state index contributed by atoms with van der Waals surface area (Å²) in [4.78, 5) is 6.45. The molecule has 0 N–H and O–H groups in total. The second-order valence-electron chi connectivity index (χ2n) is 6.20. The van der Waals surface area contributed by atoms with Gasteiger partial charge in [-0.1, -0.05) is 18.2 Å². The van der Waals surface area contributed by atoms with Crippen molar-refractivity contribution in [3.8, 4) is 5.69 Å². The molecule has 1 aliphatic heterocycles. The Labute approximate surface area is 140 Å². The Kier molecular flexibility index (Phi) is 4.28. The van der Waals surface area contributed by atoms with E-state index in [9.17, 15) is 0 Å². The van der Waals surface area contributed by atoms with Crippen molar-refractivity contribution in [2.75, 3.05) is 13.1 Å². The van der Waals surface area contributed by atoms with Crippen LogP contribution in [-0.2, 0) is 13.1 Å². The summed E-state index contributed by atoms with van der Waals surface area (Å²) in [7, 11) is 0. The number of piperidine rings is 1. The van der Waals surface area contributed by atoms with Gasteiger partial charge in [0.05, 0.1) is 12.2 Å². The Bertz CT molecular complexity index is 752. The molecule has 1 saturated heterocycles. The molecule has 24 heavy (non-hydrogen) atoms. The molecule has 1 fully saturated rings. The summed E-state index contributed by atoms with van der Waals surface area (Å²) in [5.74, 6) is 1.46. The van der Waals surface area contributed by atoms with E-state index in [0.717, 1.165) is 37.7 Å². The van der Waals surface area contributed by atoms with Crippen LogP contribution in [0, 0.1) is 5.92 Å². The van der Waals surface area contributed by atoms with Gasteiger partial charge >= 0.3 is 0 Å². The highest BCUT2D eigenvalue weighted by molar-refractivity contribution is 5.30. The second-order valence-corrected chi connectivity index (χ2v) is 6.20. The average molecular weight is 324 g/mol. The first-order chi connectivity index (χ1) is 11.9. The molecule has 0 bridgehead atoms. The molecule has 4 rings (SSSR count). The summed E-state index contributed by atoms with van der Waals surface area (Å²) >= 11 is 0. The number of para-hydroxylation sites is 1. The summed E-state index contributed by atoms with van der Waals surface area (Å²) in [5.41, 5.74) is 0.994. The number of nitrogens with zero attached hydrogens (tertiary/aromatic N) is 8. The molecule has 1 aliphatic rings. The Hall–Kier alpha value is -2.61. The number of hydrogen-bond acceptors (Lipinski definition) is 6. The highest BCUT2D eigenvalue weighted by Gasteiger charge is 2.22. The van der Waals surface area contributed by atoms with Crippen LogP contribution in [0.2, 0.25) is 0 Å². The van der Waals surface area contributed by atoms with Crippen LogP contribution in [0.3, 0.4) is 0 Å². The van der Waals surface area contributed by atoms with Crippen LogP contribution in [0.25, 0.3) is 5.69 Å². The van der Waals surface area contributed by atoms with E-state index in [0.29, 0.717) is 5.92 Å². The van der Waals surface area contributed by atoms with Gasteiger partial charge in [-0.2, -0.15) is 9.78 Å². The third kappa shape index (κ3) is 3.33. The Morgan fingerprint density at radius 1 is 1.17 bits per heavy atom. The number of hydrogen-bond donors (Lipinski definition) is 0. The van der Waals surface area contributed by atoms with Crippen LogP contribution in [0.1, 0.15) is 18.7 Å². The fourth-order valence-corrected chi connectivity index (χ4v) is 3.31. The zero-order chi connectivity index (χ0) is 16.2. The smallest absolute Gasteiger partial charge is 0.170 e. The molecule has 0 aliphatic carbocycles. The van der Waals surface area contributed by atoms with E-state index in [-0.39, 0.29) is 0 Å². The summed E-state index contributed by atoms with van der Waals surface area (Å²) in [6, 6.07) is 10.0. The van der Waals surface area contributed by atoms with Crippen LogP contribution in [0.15, 0.2) is 43.0 Å². The lowest BCUT2D eigenvalue weighted by atomic mass is 9.98. The molecule has 124 valence electrons. The van der Waals surface area contributed by atoms with E-state index in [4.69, 9.17) is 0 Å². The number of benzene rings is 1. The average Bonchev–Trinajstić information content (AvgIpc) is 3.28. The zero-order valence-corrected chi connectivity index (χ0v) is 13.4. The molecule has 1 atom stereocenters. The third-order valence-electron chi connectivity index (χ3n) is 4.41. The van der Waals surface area contributed by atoms with E-state index < -0.39 is 0 Å². The summed E-state index contributed by atoms with van der Waals surface area (Å²) in [6.45, 7) is 3.78. The second kappa shape index (κ2) is 6.88. The standard InChI is InChI=1S/C16H20N8/c1-2-6-15(7-3-1)24-16(19-20-21-24)11-22-8-4-5-14(9-22)10-23-13-17-12-18-23/h1-3,6-7,12-14H,4-5,8-11H2. The maximum absolute atomic E-state index is 4.22. The minimum absolute atomic E-state index is 0.585. The van der Waals surface area contributed by atoms with E-state index in [2.05, 4.69) is 30.5 Å². The first kappa shape index (κ1) is 14.9. The lowest BCUT2D eigenvalue weighted by Gasteiger charge is -2.32. The highest BCUT2D eigenvalue weighted by Crippen LogP contribution is 2.20. The fraction of sp³-hybridized carbons (Fsp3) is 0.438. The van der Waals surface area contributed by atoms with Crippen LogP contribution in [-0.4, -0.2) is 53.0 Å². The molecule has 8 nitrogen and oxygen atoms in total. The van der Waals surface area contributed by atoms with Crippen LogP contribution in [0.4, 0.5) is 0 Å². The molecular weight excluding hydrogens is 304 g/mol. The molecular formula is C16H20N8. The largest absolute Gasteiger partial charge is 0.296 e. The molecule has 8 heteroatoms. The van der Waals surface area contributed by atoms with Crippen molar-refractivity contribution in [2.24, 2.45) is 5.92 Å². The van der Waals surface area contributed by atoms with Gasteiger partial charge in [0.1, 0.15) is 12.7 Å². The SMILES string of the molecule is c1ccc(-n2nnnc2CN2CCCC(Cn3cncn3)C2)cc1. The fourth-order valence-electron chi connectivity index (χ4n) is 3.31. The van der Waals surface area contributed by atoms with Gasteiger partial charge in [0, 0.05) is 13.1 Å². The van der Waals surface area contributed by atoms with E-state index in [1.165, 1.54) is 12.8 Å². The first-order valence-electron chi connectivity index (χ1n) is 8.26. The van der Waals surface area contributed by atoms with Crippen molar-refractivity contribution in [3.63, 3.8) is 0 Å². The van der Waals surface area contributed by atoms with Crippen LogP contribution in [0.5, 0.6) is 0 Å². The van der Waals surface area contributed by atoms with Gasteiger partial charge < -0.3 is 0 Å². The maximum Gasteiger partial charge on any atom is 0.170 e. The van der Waals surface area contributed by atoms with Gasteiger partial charge in [0.15, 0.2) is 5.82 Å². The normalized spacial score (nSPS) is 18.8. The number of likely N-dealkylation sites (tertiary alicyclic amines) is 1. The molecule has 0 spiro atoms. The van der Waals surface area contributed by atoms with E-state index >= 15 is 0 Å².